The Morgan fingerprint density at radius 3 is 2.56 bits per heavy atom. The highest BCUT2D eigenvalue weighted by molar-refractivity contribution is 7.89. The number of fused-ring (bicyclic) bond motifs is 1. The number of sulfonamides is 1. The van der Waals surface area contributed by atoms with Gasteiger partial charge in [-0.1, -0.05) is 6.92 Å². The van der Waals surface area contributed by atoms with Gasteiger partial charge in [0.1, 0.15) is 0 Å². The zero-order valence-electron chi connectivity index (χ0n) is 15.5. The third kappa shape index (κ3) is 3.84. The maximum Gasteiger partial charge on any atom is 0.270 e. The zero-order valence-corrected chi connectivity index (χ0v) is 17.1. The van der Waals surface area contributed by atoms with Gasteiger partial charge in [-0.15, -0.1) is 0 Å². The topological polar surface area (TPSA) is 67.9 Å². The van der Waals surface area contributed by atoms with Crippen LogP contribution in [0.3, 0.4) is 0 Å². The van der Waals surface area contributed by atoms with Crippen LogP contribution in [-0.4, -0.2) is 61.6 Å². The number of likely N-dealkylation sites (tertiary alicyclic amines) is 1. The molecular formula is C18H25N3O4S2. The van der Waals surface area contributed by atoms with Crippen LogP contribution in [0.25, 0.3) is 11.1 Å². The molecule has 0 unspecified atom stereocenters. The average Bonchev–Trinajstić information content (AvgIpc) is 2.99. The van der Waals surface area contributed by atoms with Crippen LogP contribution in [0.15, 0.2) is 27.5 Å². The van der Waals surface area contributed by atoms with Crippen LogP contribution in [0.1, 0.15) is 19.8 Å². The van der Waals surface area contributed by atoms with Gasteiger partial charge in [-0.2, -0.15) is 4.31 Å². The van der Waals surface area contributed by atoms with Crippen molar-refractivity contribution in [1.29, 1.82) is 0 Å². The summed E-state index contributed by atoms with van der Waals surface area (Å²) in [4.78, 5) is 2.99. The summed E-state index contributed by atoms with van der Waals surface area (Å²) in [5.74, 6) is 0.751. The zero-order chi connectivity index (χ0) is 19.0. The summed E-state index contributed by atoms with van der Waals surface area (Å²) in [5.41, 5.74) is 1.35. The van der Waals surface area contributed by atoms with Crippen molar-refractivity contribution in [2.24, 2.45) is 5.92 Å². The number of hydrogen-bond acceptors (Lipinski definition) is 6. The minimum atomic E-state index is -3.55. The van der Waals surface area contributed by atoms with E-state index in [9.17, 15) is 8.42 Å². The Bertz CT molecular complexity index is 968. The summed E-state index contributed by atoms with van der Waals surface area (Å²) < 4.78 is 40.3. The first kappa shape index (κ1) is 19.1. The molecule has 0 N–H and O–H groups in total. The van der Waals surface area contributed by atoms with Gasteiger partial charge in [0.2, 0.25) is 10.0 Å². The number of ether oxygens (including phenoxy) is 1. The van der Waals surface area contributed by atoms with Crippen LogP contribution in [-0.2, 0) is 21.4 Å². The molecule has 9 heteroatoms. The van der Waals surface area contributed by atoms with Crippen molar-refractivity contribution in [3.63, 3.8) is 0 Å². The van der Waals surface area contributed by atoms with E-state index in [1.54, 1.807) is 18.2 Å². The molecule has 2 aromatic rings. The molecular weight excluding hydrogens is 386 g/mol. The molecule has 0 aliphatic carbocycles. The van der Waals surface area contributed by atoms with E-state index in [1.165, 1.54) is 17.1 Å². The highest BCUT2D eigenvalue weighted by Crippen LogP contribution is 2.25. The molecule has 1 aromatic heterocycles. The molecule has 3 heterocycles. The van der Waals surface area contributed by atoms with Crippen molar-refractivity contribution in [2.75, 3.05) is 39.4 Å². The molecule has 0 bridgehead atoms. The van der Waals surface area contributed by atoms with Crippen LogP contribution < -0.4 is 0 Å². The SMILES string of the molecule is CC1CCN(Cn2c(=S)oc3ccc(S(=O)(=O)N4CCOCC4)cc32)CC1. The van der Waals surface area contributed by atoms with E-state index in [1.807, 2.05) is 4.57 Å². The highest BCUT2D eigenvalue weighted by Gasteiger charge is 2.27. The fourth-order valence-corrected chi connectivity index (χ4v) is 5.35. The summed E-state index contributed by atoms with van der Waals surface area (Å²) in [7, 11) is -3.55. The normalized spacial score (nSPS) is 21.1. The quantitative estimate of drug-likeness (QED) is 0.721. The summed E-state index contributed by atoms with van der Waals surface area (Å²) in [5, 5.41) is 0. The lowest BCUT2D eigenvalue weighted by atomic mass is 10.00. The number of morpholine rings is 1. The van der Waals surface area contributed by atoms with E-state index < -0.39 is 10.0 Å². The molecule has 4 rings (SSSR count). The number of nitrogens with zero attached hydrogens (tertiary/aromatic N) is 3. The van der Waals surface area contributed by atoms with Crippen molar-refractivity contribution in [3.8, 4) is 0 Å². The smallest absolute Gasteiger partial charge is 0.270 e. The van der Waals surface area contributed by atoms with E-state index in [4.69, 9.17) is 21.4 Å². The lowest BCUT2D eigenvalue weighted by molar-refractivity contribution is 0.0730. The highest BCUT2D eigenvalue weighted by atomic mass is 32.2. The first-order chi connectivity index (χ1) is 12.9. The minimum absolute atomic E-state index is 0.272. The third-order valence-electron chi connectivity index (χ3n) is 5.46. The van der Waals surface area contributed by atoms with E-state index in [2.05, 4.69) is 11.8 Å². The second-order valence-corrected chi connectivity index (χ2v) is 9.67. The second-order valence-electron chi connectivity index (χ2n) is 7.38. The van der Waals surface area contributed by atoms with Gasteiger partial charge in [-0.05, 0) is 49.2 Å². The Balaban J connectivity index is 1.66. The molecule has 148 valence electrons. The van der Waals surface area contributed by atoms with Crippen LogP contribution in [0.2, 0.25) is 0 Å². The van der Waals surface area contributed by atoms with Crippen LogP contribution in [0, 0.1) is 10.8 Å². The Labute approximate surface area is 164 Å². The monoisotopic (exact) mass is 411 g/mol. The summed E-state index contributed by atoms with van der Waals surface area (Å²) in [6, 6.07) is 4.98. The van der Waals surface area contributed by atoms with Gasteiger partial charge in [-0.25, -0.2) is 8.42 Å². The predicted molar refractivity (Wildman–Crippen MR) is 105 cm³/mol. The fourth-order valence-electron chi connectivity index (χ4n) is 3.68. The summed E-state index contributed by atoms with van der Waals surface area (Å²) >= 11 is 5.40. The van der Waals surface area contributed by atoms with Crippen molar-refractivity contribution in [1.82, 2.24) is 13.8 Å². The molecule has 0 spiro atoms. The number of oxazole rings is 1. The van der Waals surface area contributed by atoms with Gasteiger partial charge in [0.15, 0.2) is 5.58 Å². The van der Waals surface area contributed by atoms with E-state index in [0.717, 1.165) is 24.5 Å². The van der Waals surface area contributed by atoms with E-state index >= 15 is 0 Å². The lowest BCUT2D eigenvalue weighted by Crippen LogP contribution is -2.40. The van der Waals surface area contributed by atoms with Crippen molar-refractivity contribution >= 4 is 33.3 Å². The van der Waals surface area contributed by atoms with Gasteiger partial charge in [0.25, 0.3) is 4.84 Å². The molecule has 7 nitrogen and oxygen atoms in total. The number of piperidine rings is 1. The van der Waals surface area contributed by atoms with Crippen LogP contribution >= 0.6 is 12.2 Å². The van der Waals surface area contributed by atoms with Crippen LogP contribution in [0.5, 0.6) is 0 Å². The first-order valence-corrected chi connectivity index (χ1v) is 11.2. The third-order valence-corrected chi connectivity index (χ3v) is 7.66. The molecule has 27 heavy (non-hydrogen) atoms. The number of hydrogen-bond donors (Lipinski definition) is 0. The summed E-state index contributed by atoms with van der Waals surface area (Å²) in [6.07, 6.45) is 2.33. The Morgan fingerprint density at radius 2 is 1.85 bits per heavy atom. The standard InChI is InChI=1S/C18H25N3O4S2/c1-14-4-6-19(7-5-14)13-21-16-12-15(2-3-17(16)25-18(21)26)27(22,23)20-8-10-24-11-9-20/h2-3,12,14H,4-11,13H2,1H3. The Hall–Kier alpha value is -1.26. The van der Waals surface area contributed by atoms with Crippen molar-refractivity contribution in [2.45, 2.75) is 31.3 Å². The first-order valence-electron chi connectivity index (χ1n) is 9.39. The molecule has 2 aliphatic heterocycles. The van der Waals surface area contributed by atoms with Crippen LogP contribution in [0.4, 0.5) is 0 Å². The molecule has 2 aliphatic rings. The van der Waals surface area contributed by atoms with Crippen molar-refractivity contribution in [3.05, 3.63) is 23.0 Å². The lowest BCUT2D eigenvalue weighted by Gasteiger charge is -2.30. The molecule has 0 atom stereocenters. The Morgan fingerprint density at radius 1 is 1.15 bits per heavy atom. The molecule has 1 aromatic carbocycles. The summed E-state index contributed by atoms with van der Waals surface area (Å²) in [6.45, 7) is 6.54. The number of benzene rings is 1. The maximum absolute atomic E-state index is 13.0. The van der Waals surface area contributed by atoms with Crippen molar-refractivity contribution < 1.29 is 17.6 Å². The average molecular weight is 412 g/mol. The molecule has 2 fully saturated rings. The predicted octanol–water partition coefficient (Wildman–Crippen LogP) is 2.67. The molecule has 0 saturated carbocycles. The fraction of sp³-hybridized carbons (Fsp3) is 0.611. The maximum atomic E-state index is 13.0. The van der Waals surface area contributed by atoms with Gasteiger partial charge in [-0.3, -0.25) is 9.47 Å². The van der Waals surface area contributed by atoms with E-state index in [-0.39, 0.29) is 4.90 Å². The number of rotatable bonds is 4. The minimum Gasteiger partial charge on any atom is -0.429 e. The molecule has 2 saturated heterocycles. The largest absolute Gasteiger partial charge is 0.429 e. The number of aromatic nitrogens is 1. The Kier molecular flexibility index (Phi) is 5.39. The van der Waals surface area contributed by atoms with Gasteiger partial charge in [0.05, 0.1) is 30.3 Å². The van der Waals surface area contributed by atoms with Gasteiger partial charge in [0, 0.05) is 26.2 Å². The van der Waals surface area contributed by atoms with E-state index in [0.29, 0.717) is 43.4 Å². The van der Waals surface area contributed by atoms with Gasteiger partial charge >= 0.3 is 0 Å². The second kappa shape index (κ2) is 7.63. The molecule has 0 amide bonds. The molecule has 0 radical (unpaired) electrons. The van der Waals surface area contributed by atoms with Gasteiger partial charge < -0.3 is 9.15 Å².